The van der Waals surface area contributed by atoms with Gasteiger partial charge in [-0.2, -0.15) is 0 Å². The number of aromatic carboxylic acids is 1. The van der Waals surface area contributed by atoms with Crippen molar-refractivity contribution >= 4 is 26.7 Å². The van der Waals surface area contributed by atoms with Crippen molar-refractivity contribution in [3.63, 3.8) is 0 Å². The molecule has 1 heterocycles. The van der Waals surface area contributed by atoms with Gasteiger partial charge in [-0.3, -0.25) is 0 Å². The van der Waals surface area contributed by atoms with Gasteiger partial charge in [-0.15, -0.1) is 0 Å². The van der Waals surface area contributed by atoms with Crippen molar-refractivity contribution in [1.29, 1.82) is 0 Å². The Morgan fingerprint density at radius 3 is 2.65 bits per heavy atom. The first-order valence-electron chi connectivity index (χ1n) is 6.46. The van der Waals surface area contributed by atoms with Crippen LogP contribution in [0.15, 0.2) is 30.5 Å². The van der Waals surface area contributed by atoms with E-state index in [-0.39, 0.29) is 23.6 Å². The lowest BCUT2D eigenvalue weighted by Crippen LogP contribution is -2.16. The van der Waals surface area contributed by atoms with E-state index < -0.39 is 15.8 Å². The quantitative estimate of drug-likeness (QED) is 0.886. The first-order valence-corrected chi connectivity index (χ1v) is 8.28. The summed E-state index contributed by atoms with van der Waals surface area (Å²) in [6.45, 7) is 2.10. The van der Waals surface area contributed by atoms with E-state index in [0.717, 1.165) is 5.39 Å². The van der Waals surface area contributed by atoms with E-state index in [9.17, 15) is 18.3 Å². The molecule has 0 aliphatic heterocycles. The van der Waals surface area contributed by atoms with Gasteiger partial charge < -0.3 is 9.67 Å². The van der Waals surface area contributed by atoms with Crippen LogP contribution in [0.25, 0.3) is 10.9 Å². The number of rotatable bonds is 6. The Bertz CT molecular complexity index is 731. The van der Waals surface area contributed by atoms with E-state index in [0.29, 0.717) is 11.9 Å². The van der Waals surface area contributed by atoms with Gasteiger partial charge in [-0.05, 0) is 18.6 Å². The van der Waals surface area contributed by atoms with Crippen LogP contribution in [0.5, 0.6) is 0 Å². The van der Waals surface area contributed by atoms with Crippen LogP contribution in [0.1, 0.15) is 23.7 Å². The molecular formula is C14H17NO4S. The summed E-state index contributed by atoms with van der Waals surface area (Å²) in [5.41, 5.74) is 0.770. The molecule has 0 atom stereocenters. The predicted octanol–water partition coefficient (Wildman–Crippen LogP) is 2.16. The van der Waals surface area contributed by atoms with Crippen LogP contribution in [0.3, 0.4) is 0 Å². The zero-order valence-electron chi connectivity index (χ0n) is 11.2. The number of nitrogens with zero attached hydrogens (tertiary/aromatic N) is 1. The van der Waals surface area contributed by atoms with E-state index in [4.69, 9.17) is 0 Å². The molecule has 20 heavy (non-hydrogen) atoms. The molecule has 0 bridgehead atoms. The van der Waals surface area contributed by atoms with Crippen LogP contribution in [-0.4, -0.2) is 35.6 Å². The van der Waals surface area contributed by atoms with E-state index in [2.05, 4.69) is 0 Å². The van der Waals surface area contributed by atoms with Gasteiger partial charge in [0, 0.05) is 23.9 Å². The molecule has 0 radical (unpaired) electrons. The molecule has 108 valence electrons. The number of carbonyl (C=O) groups is 1. The molecule has 0 amide bonds. The molecule has 6 heteroatoms. The number of carboxylic acids is 1. The topological polar surface area (TPSA) is 76.4 Å². The van der Waals surface area contributed by atoms with Gasteiger partial charge in [0.1, 0.15) is 0 Å². The van der Waals surface area contributed by atoms with E-state index in [1.807, 2.05) is 13.0 Å². The lowest BCUT2D eigenvalue weighted by molar-refractivity contribution is 0.0698. The molecule has 0 saturated heterocycles. The van der Waals surface area contributed by atoms with Crippen molar-refractivity contribution in [2.45, 2.75) is 19.9 Å². The fourth-order valence-electron chi connectivity index (χ4n) is 2.27. The Morgan fingerprint density at radius 1 is 1.25 bits per heavy atom. The Labute approximate surface area is 117 Å². The van der Waals surface area contributed by atoms with Crippen LogP contribution >= 0.6 is 0 Å². The third kappa shape index (κ3) is 3.01. The van der Waals surface area contributed by atoms with Gasteiger partial charge in [0.2, 0.25) is 0 Å². The minimum absolute atomic E-state index is 0.0264. The van der Waals surface area contributed by atoms with Crippen LogP contribution in [0.2, 0.25) is 0 Å². The SMILES string of the molecule is CCCS(=O)(=O)CCn1ccc2cccc(C(=O)O)c21. The maximum absolute atomic E-state index is 11.8. The fourth-order valence-corrected chi connectivity index (χ4v) is 3.57. The second kappa shape index (κ2) is 5.66. The van der Waals surface area contributed by atoms with Crippen molar-refractivity contribution in [3.05, 3.63) is 36.0 Å². The molecule has 1 aromatic carbocycles. The Morgan fingerprint density at radius 2 is 2.00 bits per heavy atom. The molecule has 5 nitrogen and oxygen atoms in total. The first kappa shape index (κ1) is 14.6. The highest BCUT2D eigenvalue weighted by Gasteiger charge is 2.14. The van der Waals surface area contributed by atoms with Crippen LogP contribution in [0.4, 0.5) is 0 Å². The number of benzene rings is 1. The third-order valence-corrected chi connectivity index (χ3v) is 5.01. The van der Waals surface area contributed by atoms with Crippen molar-refractivity contribution in [2.24, 2.45) is 0 Å². The van der Waals surface area contributed by atoms with Crippen molar-refractivity contribution in [3.8, 4) is 0 Å². The van der Waals surface area contributed by atoms with E-state index in [1.54, 1.807) is 22.9 Å². The molecule has 0 fully saturated rings. The lowest BCUT2D eigenvalue weighted by atomic mass is 10.1. The second-order valence-electron chi connectivity index (χ2n) is 4.71. The summed E-state index contributed by atoms with van der Waals surface area (Å²) < 4.78 is 25.2. The molecule has 0 aliphatic rings. The largest absolute Gasteiger partial charge is 0.478 e. The average molecular weight is 295 g/mol. The molecule has 0 unspecified atom stereocenters. The van der Waals surface area contributed by atoms with Crippen molar-refractivity contribution in [1.82, 2.24) is 4.57 Å². The van der Waals surface area contributed by atoms with Crippen LogP contribution < -0.4 is 0 Å². The number of aromatic nitrogens is 1. The number of hydrogen-bond acceptors (Lipinski definition) is 3. The molecule has 0 saturated carbocycles. The highest BCUT2D eigenvalue weighted by atomic mass is 32.2. The summed E-state index contributed by atoms with van der Waals surface area (Å²) in [5, 5.41) is 10.0. The zero-order valence-corrected chi connectivity index (χ0v) is 12.1. The van der Waals surface area contributed by atoms with Gasteiger partial charge in [0.05, 0.1) is 16.8 Å². The van der Waals surface area contributed by atoms with Crippen molar-refractivity contribution in [2.75, 3.05) is 11.5 Å². The van der Waals surface area contributed by atoms with Crippen LogP contribution in [-0.2, 0) is 16.4 Å². The van der Waals surface area contributed by atoms with Gasteiger partial charge in [-0.25, -0.2) is 13.2 Å². The number of fused-ring (bicyclic) bond motifs is 1. The van der Waals surface area contributed by atoms with Gasteiger partial charge in [-0.1, -0.05) is 19.1 Å². The first-order chi connectivity index (χ1) is 9.44. The molecule has 1 aromatic heterocycles. The van der Waals surface area contributed by atoms with Gasteiger partial charge in [0.15, 0.2) is 9.84 Å². The smallest absolute Gasteiger partial charge is 0.337 e. The fraction of sp³-hybridized carbons (Fsp3) is 0.357. The normalized spacial score (nSPS) is 11.8. The Balaban J connectivity index is 2.34. The second-order valence-corrected chi connectivity index (χ2v) is 7.01. The Kier molecular flexibility index (Phi) is 4.13. The molecule has 0 spiro atoms. The minimum atomic E-state index is -3.08. The standard InChI is InChI=1S/C14H17NO4S/c1-2-9-20(18,19)10-8-15-7-6-11-4-3-5-12(13(11)15)14(16)17/h3-7H,2,8-10H2,1H3,(H,16,17). The summed E-state index contributed by atoms with van der Waals surface area (Å²) in [6, 6.07) is 6.83. The maximum atomic E-state index is 11.8. The van der Waals surface area contributed by atoms with E-state index in [1.165, 1.54) is 6.07 Å². The number of para-hydroxylation sites is 1. The predicted molar refractivity (Wildman–Crippen MR) is 77.8 cm³/mol. The molecule has 1 N–H and O–H groups in total. The number of aryl methyl sites for hydroxylation is 1. The number of carboxylic acid groups (broad SMARTS) is 1. The van der Waals surface area contributed by atoms with Gasteiger partial charge >= 0.3 is 5.97 Å². The number of hydrogen-bond donors (Lipinski definition) is 1. The molecule has 0 aliphatic carbocycles. The number of sulfone groups is 1. The summed E-state index contributed by atoms with van der Waals surface area (Å²) in [4.78, 5) is 11.2. The summed E-state index contributed by atoms with van der Waals surface area (Å²) >= 11 is 0. The summed E-state index contributed by atoms with van der Waals surface area (Å²) in [5.74, 6) is -0.816. The van der Waals surface area contributed by atoms with Crippen molar-refractivity contribution < 1.29 is 18.3 Å². The highest BCUT2D eigenvalue weighted by molar-refractivity contribution is 7.91. The highest BCUT2D eigenvalue weighted by Crippen LogP contribution is 2.20. The Hall–Kier alpha value is -1.82. The minimum Gasteiger partial charge on any atom is -0.478 e. The summed E-state index contributed by atoms with van der Waals surface area (Å²) in [6.07, 6.45) is 2.33. The zero-order chi connectivity index (χ0) is 14.8. The van der Waals surface area contributed by atoms with Crippen LogP contribution in [0, 0.1) is 0 Å². The van der Waals surface area contributed by atoms with E-state index >= 15 is 0 Å². The third-order valence-electron chi connectivity index (χ3n) is 3.18. The van der Waals surface area contributed by atoms with Gasteiger partial charge in [0.25, 0.3) is 0 Å². The average Bonchev–Trinajstić information content (AvgIpc) is 2.79. The molecule has 2 rings (SSSR count). The molecule has 2 aromatic rings. The maximum Gasteiger partial charge on any atom is 0.337 e. The summed E-state index contributed by atoms with van der Waals surface area (Å²) in [7, 11) is -3.08. The molecular weight excluding hydrogens is 278 g/mol. The monoisotopic (exact) mass is 295 g/mol. The lowest BCUT2D eigenvalue weighted by Gasteiger charge is -2.08.